The third-order valence-corrected chi connectivity index (χ3v) is 4.12. The molecule has 0 aromatic heterocycles. The predicted molar refractivity (Wildman–Crippen MR) is 104 cm³/mol. The van der Waals surface area contributed by atoms with Crippen LogP contribution >= 0.6 is 39.1 Å². The first kappa shape index (κ1) is 20.0. The van der Waals surface area contributed by atoms with E-state index in [1.807, 2.05) is 6.07 Å². The molecule has 0 aliphatic carbocycles. The van der Waals surface area contributed by atoms with Crippen molar-refractivity contribution >= 4 is 62.8 Å². The standard InChI is InChI=1S/C18H11BrCl2N2O3/c1-10(24)26-17-5-2-13(19)7-11(17)6-12(9-22)18(25)23-16-8-14(20)3-4-15(16)21/h2-8H,1H3,(H,23,25)/b12-6-. The zero-order valence-electron chi connectivity index (χ0n) is 13.3. The number of esters is 1. The zero-order chi connectivity index (χ0) is 19.3. The smallest absolute Gasteiger partial charge is 0.308 e. The molecule has 0 unspecified atom stereocenters. The van der Waals surface area contributed by atoms with Crippen molar-refractivity contribution in [2.75, 3.05) is 5.32 Å². The van der Waals surface area contributed by atoms with E-state index in [0.29, 0.717) is 15.1 Å². The van der Waals surface area contributed by atoms with Crippen molar-refractivity contribution in [2.45, 2.75) is 6.92 Å². The summed E-state index contributed by atoms with van der Waals surface area (Å²) in [5.41, 5.74) is 0.464. The fraction of sp³-hybridized carbons (Fsp3) is 0.0556. The van der Waals surface area contributed by atoms with Crippen LogP contribution < -0.4 is 10.1 Å². The van der Waals surface area contributed by atoms with Gasteiger partial charge in [-0.05, 0) is 42.5 Å². The summed E-state index contributed by atoms with van der Waals surface area (Å²) in [4.78, 5) is 23.6. The Labute approximate surface area is 168 Å². The molecule has 0 saturated heterocycles. The molecule has 2 rings (SSSR count). The Hall–Kier alpha value is -2.33. The highest BCUT2D eigenvalue weighted by Gasteiger charge is 2.14. The molecule has 132 valence electrons. The molecule has 8 heteroatoms. The monoisotopic (exact) mass is 452 g/mol. The Morgan fingerprint density at radius 1 is 1.23 bits per heavy atom. The minimum atomic E-state index is -0.676. The second-order valence-electron chi connectivity index (χ2n) is 5.02. The minimum Gasteiger partial charge on any atom is -0.426 e. The number of hydrogen-bond donors (Lipinski definition) is 1. The van der Waals surface area contributed by atoms with Crippen LogP contribution in [0.4, 0.5) is 5.69 Å². The Balaban J connectivity index is 2.37. The van der Waals surface area contributed by atoms with Gasteiger partial charge in [0.25, 0.3) is 5.91 Å². The highest BCUT2D eigenvalue weighted by atomic mass is 79.9. The molecule has 0 spiro atoms. The summed E-state index contributed by atoms with van der Waals surface area (Å²) < 4.78 is 5.78. The number of halogens is 3. The van der Waals surface area contributed by atoms with Gasteiger partial charge in [0, 0.05) is 22.0 Å². The number of nitriles is 1. The summed E-state index contributed by atoms with van der Waals surface area (Å²) in [7, 11) is 0. The van der Waals surface area contributed by atoms with Crippen LogP contribution in [0, 0.1) is 11.3 Å². The molecule has 2 aromatic rings. The van der Waals surface area contributed by atoms with E-state index < -0.39 is 11.9 Å². The third-order valence-electron chi connectivity index (χ3n) is 3.07. The lowest BCUT2D eigenvalue weighted by molar-refractivity contribution is -0.131. The Bertz CT molecular complexity index is 952. The molecule has 5 nitrogen and oxygen atoms in total. The lowest BCUT2D eigenvalue weighted by Crippen LogP contribution is -2.14. The normalized spacial score (nSPS) is 10.8. The Morgan fingerprint density at radius 3 is 2.62 bits per heavy atom. The van der Waals surface area contributed by atoms with Gasteiger partial charge in [0.2, 0.25) is 0 Å². The number of nitrogens with zero attached hydrogens (tertiary/aromatic N) is 1. The second kappa shape index (κ2) is 8.86. The Kier molecular flexibility index (Phi) is 6.81. The predicted octanol–water partition coefficient (Wildman–Crippen LogP) is 5.23. The number of amides is 1. The number of anilines is 1. The fourth-order valence-corrected chi connectivity index (χ4v) is 2.68. The Morgan fingerprint density at radius 2 is 1.96 bits per heavy atom. The van der Waals surface area contributed by atoms with Gasteiger partial charge < -0.3 is 10.1 Å². The minimum absolute atomic E-state index is 0.201. The SMILES string of the molecule is CC(=O)Oc1ccc(Br)cc1/C=C(/C#N)C(=O)Nc1cc(Cl)ccc1Cl. The van der Waals surface area contributed by atoms with Gasteiger partial charge in [-0.2, -0.15) is 5.26 Å². The zero-order valence-corrected chi connectivity index (χ0v) is 16.4. The first-order chi connectivity index (χ1) is 12.3. The van der Waals surface area contributed by atoms with Crippen molar-refractivity contribution < 1.29 is 14.3 Å². The van der Waals surface area contributed by atoms with Gasteiger partial charge in [-0.15, -0.1) is 0 Å². The van der Waals surface area contributed by atoms with Crippen LogP contribution in [0.25, 0.3) is 6.08 Å². The van der Waals surface area contributed by atoms with Gasteiger partial charge in [-0.1, -0.05) is 39.1 Å². The van der Waals surface area contributed by atoms with Gasteiger partial charge >= 0.3 is 5.97 Å². The average Bonchev–Trinajstić information content (AvgIpc) is 2.57. The number of ether oxygens (including phenoxy) is 1. The molecule has 0 aliphatic rings. The summed E-state index contributed by atoms with van der Waals surface area (Å²) in [5, 5.41) is 12.5. The van der Waals surface area contributed by atoms with Gasteiger partial charge in [-0.25, -0.2) is 0 Å². The van der Waals surface area contributed by atoms with Crippen LogP contribution in [-0.4, -0.2) is 11.9 Å². The molecule has 0 bridgehead atoms. The molecule has 1 N–H and O–H groups in total. The van der Waals surface area contributed by atoms with Gasteiger partial charge in [0.15, 0.2) is 0 Å². The summed E-state index contributed by atoms with van der Waals surface area (Å²) in [6.45, 7) is 1.26. The third kappa shape index (κ3) is 5.33. The summed E-state index contributed by atoms with van der Waals surface area (Å²) in [6.07, 6.45) is 1.32. The molecular weight excluding hydrogens is 443 g/mol. The number of carbonyl (C=O) groups excluding carboxylic acids is 2. The topological polar surface area (TPSA) is 79.2 Å². The van der Waals surface area contributed by atoms with Crippen LogP contribution in [0.1, 0.15) is 12.5 Å². The van der Waals surface area contributed by atoms with Crippen molar-refractivity contribution in [3.8, 4) is 11.8 Å². The first-order valence-electron chi connectivity index (χ1n) is 7.16. The van der Waals surface area contributed by atoms with Crippen LogP contribution in [0.2, 0.25) is 10.0 Å². The van der Waals surface area contributed by atoms with E-state index in [9.17, 15) is 14.9 Å². The number of hydrogen-bond acceptors (Lipinski definition) is 4. The number of rotatable bonds is 4. The molecule has 0 atom stereocenters. The molecule has 1 amide bonds. The van der Waals surface area contributed by atoms with Gasteiger partial charge in [0.05, 0.1) is 10.7 Å². The largest absolute Gasteiger partial charge is 0.426 e. The average molecular weight is 454 g/mol. The maximum Gasteiger partial charge on any atom is 0.308 e. The van der Waals surface area contributed by atoms with Crippen molar-refractivity contribution in [3.05, 3.63) is 62.1 Å². The van der Waals surface area contributed by atoms with E-state index in [2.05, 4.69) is 21.2 Å². The van der Waals surface area contributed by atoms with Crippen molar-refractivity contribution in [3.63, 3.8) is 0 Å². The van der Waals surface area contributed by atoms with Gasteiger partial charge in [-0.3, -0.25) is 9.59 Å². The number of benzene rings is 2. The van der Waals surface area contributed by atoms with Crippen LogP contribution in [0.15, 0.2) is 46.4 Å². The van der Waals surface area contributed by atoms with E-state index in [1.54, 1.807) is 24.3 Å². The molecule has 0 heterocycles. The van der Waals surface area contributed by atoms with Crippen molar-refractivity contribution in [1.29, 1.82) is 5.26 Å². The first-order valence-corrected chi connectivity index (χ1v) is 8.71. The summed E-state index contributed by atoms with van der Waals surface area (Å²) >= 11 is 15.2. The molecule has 2 aromatic carbocycles. The second-order valence-corrected chi connectivity index (χ2v) is 6.78. The van der Waals surface area contributed by atoms with E-state index in [-0.39, 0.29) is 22.0 Å². The van der Waals surface area contributed by atoms with E-state index in [4.69, 9.17) is 27.9 Å². The fourth-order valence-electron chi connectivity index (χ4n) is 1.97. The van der Waals surface area contributed by atoms with Crippen LogP contribution in [0.3, 0.4) is 0 Å². The maximum atomic E-state index is 12.4. The number of carbonyl (C=O) groups is 2. The number of nitrogens with one attached hydrogen (secondary N) is 1. The van der Waals surface area contributed by atoms with E-state index >= 15 is 0 Å². The highest BCUT2D eigenvalue weighted by molar-refractivity contribution is 9.10. The molecule has 26 heavy (non-hydrogen) atoms. The molecule has 0 fully saturated rings. The molecular formula is C18H11BrCl2N2O3. The molecule has 0 saturated carbocycles. The van der Waals surface area contributed by atoms with E-state index in [0.717, 1.165) is 0 Å². The summed E-state index contributed by atoms with van der Waals surface area (Å²) in [6, 6.07) is 11.2. The van der Waals surface area contributed by atoms with Crippen molar-refractivity contribution in [2.24, 2.45) is 0 Å². The van der Waals surface area contributed by atoms with Crippen molar-refractivity contribution in [1.82, 2.24) is 0 Å². The van der Waals surface area contributed by atoms with E-state index in [1.165, 1.54) is 25.1 Å². The maximum absolute atomic E-state index is 12.4. The molecule has 0 aliphatic heterocycles. The quantitative estimate of drug-likeness (QED) is 0.297. The van der Waals surface area contributed by atoms with Crippen LogP contribution in [0.5, 0.6) is 5.75 Å². The van der Waals surface area contributed by atoms with Gasteiger partial charge in [0.1, 0.15) is 17.4 Å². The highest BCUT2D eigenvalue weighted by Crippen LogP contribution is 2.28. The lowest BCUT2D eigenvalue weighted by Gasteiger charge is -2.09. The van der Waals surface area contributed by atoms with Crippen LogP contribution in [-0.2, 0) is 9.59 Å². The molecule has 0 radical (unpaired) electrons. The lowest BCUT2D eigenvalue weighted by atomic mass is 10.1. The summed E-state index contributed by atoms with van der Waals surface area (Å²) in [5.74, 6) is -0.969.